The first kappa shape index (κ1) is 29.1. The summed E-state index contributed by atoms with van der Waals surface area (Å²) in [5.74, 6) is -1.06. The van der Waals surface area contributed by atoms with Crippen LogP contribution in [0.25, 0.3) is 10.4 Å². The number of hydrogen-bond donors (Lipinski definition) is 4. The fourth-order valence-corrected chi connectivity index (χ4v) is 6.51. The molecule has 1 atom stereocenters. The molecule has 0 spiro atoms. The van der Waals surface area contributed by atoms with Crippen molar-refractivity contribution in [3.05, 3.63) is 64.0 Å². The highest BCUT2D eigenvalue weighted by Gasteiger charge is 2.43. The summed E-state index contributed by atoms with van der Waals surface area (Å²) < 4.78 is 5.26. The van der Waals surface area contributed by atoms with Crippen LogP contribution >= 0.6 is 11.3 Å². The number of rotatable bonds is 8. The molecular weight excluding hydrogens is 526 g/mol. The van der Waals surface area contributed by atoms with Gasteiger partial charge in [0.1, 0.15) is 16.2 Å². The zero-order chi connectivity index (χ0) is 29.0. The molecule has 0 saturated heterocycles. The largest absolute Gasteiger partial charge is 0.497 e. The maximum Gasteiger partial charge on any atom is 0.329 e. The molecule has 1 aromatic heterocycles. The predicted octanol–water partition coefficient (Wildman–Crippen LogP) is 7.15. The van der Waals surface area contributed by atoms with E-state index in [4.69, 9.17) is 4.74 Å². The van der Waals surface area contributed by atoms with E-state index in [0.717, 1.165) is 59.2 Å². The monoisotopic (exact) mass is 563 g/mol. The average molecular weight is 564 g/mol. The number of hydrogen-bond acceptors (Lipinski definition) is 5. The molecule has 3 aromatic rings. The fraction of sp³-hybridized carbons (Fsp3) is 0.387. The summed E-state index contributed by atoms with van der Waals surface area (Å²) in [6, 6.07) is 12.6. The van der Waals surface area contributed by atoms with E-state index in [2.05, 4.69) is 16.0 Å². The number of carbonyl (C=O) groups is 3. The Balaban J connectivity index is 1.66. The molecule has 1 aliphatic carbocycles. The van der Waals surface area contributed by atoms with E-state index in [1.807, 2.05) is 57.2 Å². The molecule has 0 aliphatic heterocycles. The van der Waals surface area contributed by atoms with E-state index >= 15 is 0 Å². The Kier molecular flexibility index (Phi) is 8.83. The number of anilines is 2. The molecule has 3 amide bonds. The summed E-state index contributed by atoms with van der Waals surface area (Å²) in [6.45, 7) is 7.45. The van der Waals surface area contributed by atoms with Crippen molar-refractivity contribution >= 4 is 40.6 Å². The Morgan fingerprint density at radius 2 is 1.57 bits per heavy atom. The number of carboxylic acid groups (broad SMARTS) is 1. The van der Waals surface area contributed by atoms with Crippen LogP contribution in [0.5, 0.6) is 5.75 Å². The number of methoxy groups -OCH3 is 1. The molecule has 4 rings (SSSR count). The Hall–Kier alpha value is -3.85. The van der Waals surface area contributed by atoms with Gasteiger partial charge in [0, 0.05) is 10.6 Å². The van der Waals surface area contributed by atoms with Crippen LogP contribution in [0.2, 0.25) is 0 Å². The summed E-state index contributed by atoms with van der Waals surface area (Å²) in [7, 11) is 1.59. The van der Waals surface area contributed by atoms with Gasteiger partial charge < -0.3 is 25.8 Å². The molecule has 9 heteroatoms. The number of amides is 3. The highest BCUT2D eigenvalue weighted by atomic mass is 32.1. The van der Waals surface area contributed by atoms with Gasteiger partial charge in [-0.1, -0.05) is 37.0 Å². The number of aliphatic carboxylic acids is 1. The van der Waals surface area contributed by atoms with Crippen molar-refractivity contribution in [2.75, 3.05) is 17.7 Å². The molecule has 1 aliphatic rings. The number of nitrogens with one attached hydrogen (secondary N) is 3. The molecule has 0 radical (unpaired) electrons. The normalized spacial score (nSPS) is 15.1. The summed E-state index contributed by atoms with van der Waals surface area (Å²) in [5.41, 5.74) is 3.39. The first-order chi connectivity index (χ1) is 19.0. The smallest absolute Gasteiger partial charge is 0.329 e. The van der Waals surface area contributed by atoms with Crippen LogP contribution in [0.15, 0.2) is 42.5 Å². The summed E-state index contributed by atoms with van der Waals surface area (Å²) in [6.07, 6.45) is 4.43. The van der Waals surface area contributed by atoms with Gasteiger partial charge in [0.25, 0.3) is 5.91 Å². The Morgan fingerprint density at radius 3 is 2.15 bits per heavy atom. The average Bonchev–Trinajstić information content (AvgIpc) is 3.34. The molecule has 8 nitrogen and oxygen atoms in total. The molecule has 0 bridgehead atoms. The number of benzene rings is 2. The lowest BCUT2D eigenvalue weighted by molar-refractivity contribution is -0.146. The number of aryl methyl sites for hydroxylation is 3. The molecule has 4 N–H and O–H groups in total. The number of carbonyl (C=O) groups excluding carboxylic acids is 2. The van der Waals surface area contributed by atoms with Gasteiger partial charge in [-0.15, -0.1) is 11.3 Å². The molecule has 2 aromatic carbocycles. The van der Waals surface area contributed by atoms with Crippen LogP contribution < -0.4 is 20.7 Å². The minimum absolute atomic E-state index is 0.170. The summed E-state index contributed by atoms with van der Waals surface area (Å²) >= 11 is 1.20. The Labute approximate surface area is 239 Å². The van der Waals surface area contributed by atoms with Gasteiger partial charge in [0.05, 0.1) is 12.8 Å². The van der Waals surface area contributed by atoms with Crippen molar-refractivity contribution in [1.29, 1.82) is 0 Å². The van der Waals surface area contributed by atoms with Crippen molar-refractivity contribution in [2.24, 2.45) is 5.92 Å². The SMILES string of the molecule is COc1ccc(-c2cc(NC(=O)Nc3c(C)cc(C)cc3C)c(C(=O)N[C@](C)(C(=O)O)C3CCCCC3)s2)cc1. The third-order valence-corrected chi connectivity index (χ3v) is 8.90. The van der Waals surface area contributed by atoms with Gasteiger partial charge in [-0.2, -0.15) is 0 Å². The third-order valence-electron chi connectivity index (χ3n) is 7.72. The predicted molar refractivity (Wildman–Crippen MR) is 160 cm³/mol. The molecule has 40 heavy (non-hydrogen) atoms. The molecule has 1 fully saturated rings. The first-order valence-electron chi connectivity index (χ1n) is 13.5. The molecule has 0 unspecified atom stereocenters. The lowest BCUT2D eigenvalue weighted by Gasteiger charge is -2.37. The lowest BCUT2D eigenvalue weighted by Crippen LogP contribution is -2.57. The van der Waals surface area contributed by atoms with E-state index in [9.17, 15) is 19.5 Å². The summed E-state index contributed by atoms with van der Waals surface area (Å²) in [4.78, 5) is 40.3. The fourth-order valence-electron chi connectivity index (χ4n) is 5.50. The zero-order valence-corrected chi connectivity index (χ0v) is 24.5. The maximum absolute atomic E-state index is 13.7. The highest BCUT2D eigenvalue weighted by Crippen LogP contribution is 2.38. The van der Waals surface area contributed by atoms with E-state index in [1.165, 1.54) is 11.3 Å². The van der Waals surface area contributed by atoms with Crippen LogP contribution in [0.1, 0.15) is 65.4 Å². The van der Waals surface area contributed by atoms with Gasteiger partial charge >= 0.3 is 12.0 Å². The summed E-state index contributed by atoms with van der Waals surface area (Å²) in [5, 5.41) is 18.7. The molecular formula is C31H37N3O5S. The topological polar surface area (TPSA) is 117 Å². The van der Waals surface area contributed by atoms with E-state index < -0.39 is 23.4 Å². The lowest BCUT2D eigenvalue weighted by atomic mass is 9.75. The second kappa shape index (κ2) is 12.1. The van der Waals surface area contributed by atoms with Crippen LogP contribution in [0.4, 0.5) is 16.2 Å². The zero-order valence-electron chi connectivity index (χ0n) is 23.6. The number of carboxylic acids is 1. The first-order valence-corrected chi connectivity index (χ1v) is 14.3. The van der Waals surface area contributed by atoms with E-state index in [1.54, 1.807) is 20.1 Å². The minimum Gasteiger partial charge on any atom is -0.497 e. The second-order valence-electron chi connectivity index (χ2n) is 10.7. The minimum atomic E-state index is -1.42. The quantitative estimate of drug-likeness (QED) is 0.232. The van der Waals surface area contributed by atoms with Gasteiger partial charge in [-0.25, -0.2) is 9.59 Å². The second-order valence-corrected chi connectivity index (χ2v) is 11.8. The number of ether oxygens (including phenoxy) is 1. The van der Waals surface area contributed by atoms with Crippen LogP contribution in [-0.4, -0.2) is 35.7 Å². The van der Waals surface area contributed by atoms with Crippen molar-refractivity contribution in [2.45, 2.75) is 65.3 Å². The van der Waals surface area contributed by atoms with Gasteiger partial charge in [0.15, 0.2) is 0 Å². The van der Waals surface area contributed by atoms with Gasteiger partial charge in [-0.3, -0.25) is 4.79 Å². The van der Waals surface area contributed by atoms with Crippen LogP contribution in [-0.2, 0) is 4.79 Å². The number of thiophene rings is 1. The molecule has 212 valence electrons. The number of urea groups is 1. The van der Waals surface area contributed by atoms with Crippen molar-refractivity contribution < 1.29 is 24.2 Å². The van der Waals surface area contributed by atoms with E-state index in [0.29, 0.717) is 17.1 Å². The van der Waals surface area contributed by atoms with Crippen molar-refractivity contribution in [1.82, 2.24) is 5.32 Å². The standard InChI is InChI=1S/C31H37N3O5S/c1-18-15-19(2)26(20(3)16-18)33-30(38)32-24-17-25(21-11-13-23(39-5)14-12-21)40-27(24)28(35)34-31(4,29(36)37)22-9-7-6-8-10-22/h11-17,22H,6-10H2,1-5H3,(H,34,35)(H,36,37)(H2,32,33,38)/t31-/m0/s1. The van der Waals surface area contributed by atoms with E-state index in [-0.39, 0.29) is 10.8 Å². The Morgan fingerprint density at radius 1 is 0.950 bits per heavy atom. The van der Waals surface area contributed by atoms with Gasteiger partial charge in [0.2, 0.25) is 0 Å². The highest BCUT2D eigenvalue weighted by molar-refractivity contribution is 7.18. The molecule has 1 saturated carbocycles. The Bertz CT molecular complexity index is 1390. The van der Waals surface area contributed by atoms with Gasteiger partial charge in [-0.05, 0) is 93.5 Å². The molecule has 1 heterocycles. The van der Waals surface area contributed by atoms with Crippen LogP contribution in [0, 0.1) is 26.7 Å². The maximum atomic E-state index is 13.7. The van der Waals surface area contributed by atoms with Crippen LogP contribution in [0.3, 0.4) is 0 Å². The van der Waals surface area contributed by atoms with Crippen molar-refractivity contribution in [3.63, 3.8) is 0 Å². The third kappa shape index (κ3) is 6.31. The van der Waals surface area contributed by atoms with Crippen molar-refractivity contribution in [3.8, 4) is 16.2 Å².